The van der Waals surface area contributed by atoms with Crippen LogP contribution in [0.2, 0.25) is 0 Å². The lowest BCUT2D eigenvalue weighted by Gasteiger charge is -2.07. The lowest BCUT2D eigenvalue weighted by molar-refractivity contribution is -0.147. The molecule has 0 aliphatic carbocycles. The summed E-state index contributed by atoms with van der Waals surface area (Å²) in [7, 11) is 0. The normalized spacial score (nSPS) is 10.8. The number of aliphatic carboxylic acids is 1. The summed E-state index contributed by atoms with van der Waals surface area (Å²) in [5, 5.41) is 10.7. The molecule has 0 saturated carbocycles. The van der Waals surface area contributed by atoms with E-state index in [-0.39, 0.29) is 6.42 Å². The van der Waals surface area contributed by atoms with Gasteiger partial charge in [-0.1, -0.05) is 31.0 Å². The first-order chi connectivity index (χ1) is 9.04. The Labute approximate surface area is 110 Å². The smallest absolute Gasteiger partial charge is 0.316 e. The quantitative estimate of drug-likeness (QED) is 0.621. The molecule has 2 N–H and O–H groups in total. The first kappa shape index (κ1) is 14.5. The van der Waals surface area contributed by atoms with Crippen LogP contribution in [0.25, 0.3) is 0 Å². The zero-order valence-corrected chi connectivity index (χ0v) is 10.3. The third-order valence-electron chi connectivity index (χ3n) is 2.35. The van der Waals surface area contributed by atoms with Crippen molar-refractivity contribution in [1.82, 2.24) is 5.32 Å². The average Bonchev–Trinajstić information content (AvgIpc) is 2.38. The monoisotopic (exact) mass is 259 g/mol. The van der Waals surface area contributed by atoms with Crippen LogP contribution in [-0.2, 0) is 14.4 Å². The van der Waals surface area contributed by atoms with E-state index in [0.717, 1.165) is 0 Å². The predicted octanol–water partition coefficient (Wildman–Crippen LogP) is 0.792. The molecule has 5 heteroatoms. The van der Waals surface area contributed by atoms with E-state index < -0.39 is 23.7 Å². The van der Waals surface area contributed by atoms with Crippen molar-refractivity contribution in [2.24, 2.45) is 5.92 Å². The Morgan fingerprint density at radius 1 is 1.26 bits per heavy atom. The van der Waals surface area contributed by atoms with Gasteiger partial charge in [0.15, 0.2) is 0 Å². The molecule has 0 fully saturated rings. The summed E-state index contributed by atoms with van der Waals surface area (Å²) < 4.78 is 0. The Hall–Kier alpha value is -2.61. The van der Waals surface area contributed by atoms with Crippen molar-refractivity contribution in [2.75, 3.05) is 0 Å². The fourth-order valence-electron chi connectivity index (χ4n) is 1.35. The number of amides is 2. The van der Waals surface area contributed by atoms with Crippen LogP contribution < -0.4 is 5.32 Å². The minimum Gasteiger partial charge on any atom is -0.481 e. The number of carbonyl (C=O) groups is 3. The molecule has 1 atom stereocenters. The summed E-state index contributed by atoms with van der Waals surface area (Å²) in [6.07, 6.45) is 0.112. The standard InChI is InChI=1S/C14H13NO4/c1-2-11(14(18)19)13(17)15-12(16)9-8-10-6-4-3-5-7-10/h3-7,11H,2H2,1H3,(H,18,19)(H,15,16,17). The number of rotatable bonds is 3. The predicted molar refractivity (Wildman–Crippen MR) is 67.9 cm³/mol. The summed E-state index contributed by atoms with van der Waals surface area (Å²) >= 11 is 0. The summed E-state index contributed by atoms with van der Waals surface area (Å²) in [5.41, 5.74) is 0.635. The van der Waals surface area contributed by atoms with Crippen molar-refractivity contribution in [2.45, 2.75) is 13.3 Å². The van der Waals surface area contributed by atoms with Gasteiger partial charge >= 0.3 is 11.9 Å². The van der Waals surface area contributed by atoms with Crippen molar-refractivity contribution in [3.8, 4) is 11.8 Å². The first-order valence-corrected chi connectivity index (χ1v) is 5.69. The largest absolute Gasteiger partial charge is 0.481 e. The van der Waals surface area contributed by atoms with Gasteiger partial charge in [-0.3, -0.25) is 19.7 Å². The third kappa shape index (κ3) is 4.64. The summed E-state index contributed by atoms with van der Waals surface area (Å²) in [6.45, 7) is 1.55. The molecule has 1 aromatic carbocycles. The fraction of sp³-hybridized carbons (Fsp3) is 0.214. The second-order valence-electron chi connectivity index (χ2n) is 3.73. The van der Waals surface area contributed by atoms with Crippen LogP contribution in [0.15, 0.2) is 30.3 Å². The molecule has 0 spiro atoms. The number of hydrogen-bond acceptors (Lipinski definition) is 3. The molecule has 0 aliphatic rings. The maximum absolute atomic E-state index is 11.5. The minimum absolute atomic E-state index is 0.112. The zero-order valence-electron chi connectivity index (χ0n) is 10.3. The van der Waals surface area contributed by atoms with Gasteiger partial charge in [0.25, 0.3) is 0 Å². The number of carboxylic acids is 1. The molecular formula is C14H13NO4. The van der Waals surface area contributed by atoms with E-state index in [1.165, 1.54) is 0 Å². The Balaban J connectivity index is 2.64. The number of imide groups is 1. The van der Waals surface area contributed by atoms with Crippen LogP contribution >= 0.6 is 0 Å². The topological polar surface area (TPSA) is 83.5 Å². The van der Waals surface area contributed by atoms with E-state index in [1.54, 1.807) is 31.2 Å². The van der Waals surface area contributed by atoms with Gasteiger partial charge < -0.3 is 5.11 Å². The van der Waals surface area contributed by atoms with Gasteiger partial charge in [0.05, 0.1) is 0 Å². The van der Waals surface area contributed by atoms with Crippen molar-refractivity contribution < 1.29 is 19.5 Å². The number of hydrogen-bond donors (Lipinski definition) is 2. The number of carbonyl (C=O) groups excluding carboxylic acids is 2. The molecule has 2 amide bonds. The first-order valence-electron chi connectivity index (χ1n) is 5.69. The van der Waals surface area contributed by atoms with E-state index in [4.69, 9.17) is 5.11 Å². The molecule has 1 unspecified atom stereocenters. The van der Waals surface area contributed by atoms with E-state index in [1.807, 2.05) is 11.4 Å². The van der Waals surface area contributed by atoms with Gasteiger partial charge in [0.2, 0.25) is 5.91 Å². The Kier molecular flexibility index (Phi) is 5.30. The molecule has 1 rings (SSSR count). The van der Waals surface area contributed by atoms with Crippen LogP contribution in [0.4, 0.5) is 0 Å². The summed E-state index contributed by atoms with van der Waals surface area (Å²) in [6, 6.07) is 8.78. The molecule has 5 nitrogen and oxygen atoms in total. The fourth-order valence-corrected chi connectivity index (χ4v) is 1.35. The van der Waals surface area contributed by atoms with Crippen LogP contribution in [0.5, 0.6) is 0 Å². The van der Waals surface area contributed by atoms with Crippen molar-refractivity contribution in [3.63, 3.8) is 0 Å². The highest BCUT2D eigenvalue weighted by Gasteiger charge is 2.24. The zero-order chi connectivity index (χ0) is 14.3. The molecule has 19 heavy (non-hydrogen) atoms. The average molecular weight is 259 g/mol. The molecular weight excluding hydrogens is 246 g/mol. The number of benzene rings is 1. The van der Waals surface area contributed by atoms with Crippen LogP contribution in [0, 0.1) is 17.8 Å². The lowest BCUT2D eigenvalue weighted by Crippen LogP contribution is -2.38. The lowest BCUT2D eigenvalue weighted by atomic mass is 10.1. The van der Waals surface area contributed by atoms with E-state index in [2.05, 4.69) is 11.8 Å². The minimum atomic E-state index is -1.26. The van der Waals surface area contributed by atoms with Gasteiger partial charge in [-0.25, -0.2) is 0 Å². The van der Waals surface area contributed by atoms with E-state index in [0.29, 0.717) is 5.56 Å². The summed E-state index contributed by atoms with van der Waals surface area (Å²) in [4.78, 5) is 33.6. The molecule has 0 heterocycles. The molecule has 0 aromatic heterocycles. The highest BCUT2D eigenvalue weighted by molar-refractivity contribution is 6.09. The Bertz CT molecular complexity index is 540. The molecule has 1 aromatic rings. The van der Waals surface area contributed by atoms with E-state index >= 15 is 0 Å². The third-order valence-corrected chi connectivity index (χ3v) is 2.35. The molecule has 0 saturated heterocycles. The number of carboxylic acid groups (broad SMARTS) is 1. The molecule has 98 valence electrons. The highest BCUT2D eigenvalue weighted by atomic mass is 16.4. The van der Waals surface area contributed by atoms with Gasteiger partial charge in [-0.05, 0) is 18.6 Å². The van der Waals surface area contributed by atoms with Crippen molar-refractivity contribution in [1.29, 1.82) is 0 Å². The molecule has 0 radical (unpaired) electrons. The maximum Gasteiger partial charge on any atom is 0.316 e. The number of nitrogens with one attached hydrogen (secondary N) is 1. The SMILES string of the molecule is CCC(C(=O)O)C(=O)NC(=O)C#Cc1ccccc1. The van der Waals surface area contributed by atoms with E-state index in [9.17, 15) is 14.4 Å². The van der Waals surface area contributed by atoms with Crippen LogP contribution in [-0.4, -0.2) is 22.9 Å². The van der Waals surface area contributed by atoms with Crippen molar-refractivity contribution in [3.05, 3.63) is 35.9 Å². The highest BCUT2D eigenvalue weighted by Crippen LogP contribution is 2.02. The van der Waals surface area contributed by atoms with Gasteiger partial charge in [-0.2, -0.15) is 0 Å². The van der Waals surface area contributed by atoms with Crippen LogP contribution in [0.1, 0.15) is 18.9 Å². The Morgan fingerprint density at radius 2 is 1.89 bits per heavy atom. The van der Waals surface area contributed by atoms with Gasteiger partial charge in [-0.15, -0.1) is 0 Å². The van der Waals surface area contributed by atoms with Gasteiger partial charge in [0.1, 0.15) is 5.92 Å². The van der Waals surface area contributed by atoms with Crippen molar-refractivity contribution >= 4 is 17.8 Å². The Morgan fingerprint density at radius 3 is 2.42 bits per heavy atom. The molecule has 0 bridgehead atoms. The molecule has 0 aliphatic heterocycles. The maximum atomic E-state index is 11.5. The summed E-state index contributed by atoms with van der Waals surface area (Å²) in [5.74, 6) is 0.657. The second-order valence-corrected chi connectivity index (χ2v) is 3.73. The second kappa shape index (κ2) is 6.97. The van der Waals surface area contributed by atoms with Gasteiger partial charge in [0, 0.05) is 11.5 Å². The van der Waals surface area contributed by atoms with Crippen LogP contribution in [0.3, 0.4) is 0 Å².